The molecular weight excluding hydrogens is 359 g/mol. The first kappa shape index (κ1) is 17.2. The third-order valence-electron chi connectivity index (χ3n) is 3.38. The molecule has 0 unspecified atom stereocenters. The number of anilines is 1. The molecule has 0 spiro atoms. The van der Waals surface area contributed by atoms with Gasteiger partial charge in [0.25, 0.3) is 5.91 Å². The SMILES string of the molecule is Cn1cc(C(=O)Nc2cccc(C3SCCS3)c2)c(C(F)(F)F)n1. The fourth-order valence-corrected chi connectivity index (χ4v) is 5.21. The number of aromatic nitrogens is 2. The van der Waals surface area contributed by atoms with Gasteiger partial charge in [-0.2, -0.15) is 18.3 Å². The highest BCUT2D eigenvalue weighted by molar-refractivity contribution is 8.19. The minimum Gasteiger partial charge on any atom is -0.322 e. The molecule has 1 amide bonds. The lowest BCUT2D eigenvalue weighted by Gasteiger charge is -2.11. The molecular formula is C15H14F3N3OS2. The molecule has 128 valence electrons. The zero-order valence-corrected chi connectivity index (χ0v) is 14.3. The van der Waals surface area contributed by atoms with Crippen molar-refractivity contribution in [3.8, 4) is 0 Å². The summed E-state index contributed by atoms with van der Waals surface area (Å²) in [6.45, 7) is 0. The highest BCUT2D eigenvalue weighted by Crippen LogP contribution is 2.45. The van der Waals surface area contributed by atoms with E-state index in [4.69, 9.17) is 0 Å². The molecule has 0 saturated carbocycles. The van der Waals surface area contributed by atoms with E-state index in [1.54, 1.807) is 18.2 Å². The number of carbonyl (C=O) groups excluding carboxylic acids is 1. The van der Waals surface area contributed by atoms with E-state index in [1.807, 2.05) is 29.6 Å². The average Bonchev–Trinajstić information content (AvgIpc) is 3.16. The summed E-state index contributed by atoms with van der Waals surface area (Å²) in [6, 6.07) is 7.21. The summed E-state index contributed by atoms with van der Waals surface area (Å²) in [6.07, 6.45) is -3.60. The number of rotatable bonds is 3. The molecule has 2 aromatic rings. The standard InChI is InChI=1S/C15H14F3N3OS2/c1-21-8-11(12(20-21)15(16,17)18)13(22)19-10-4-2-3-9(7-10)14-23-5-6-24-14/h2-4,7-8,14H,5-6H2,1H3,(H,19,22). The van der Waals surface area contributed by atoms with Crippen LogP contribution in [0.25, 0.3) is 0 Å². The van der Waals surface area contributed by atoms with Crippen LogP contribution in [-0.4, -0.2) is 27.2 Å². The normalized spacial score (nSPS) is 15.7. The summed E-state index contributed by atoms with van der Waals surface area (Å²) in [5.74, 6) is 1.31. The first-order valence-corrected chi connectivity index (χ1v) is 9.20. The van der Waals surface area contributed by atoms with Crippen LogP contribution in [0, 0.1) is 0 Å². The van der Waals surface area contributed by atoms with Gasteiger partial charge in [-0.15, -0.1) is 23.5 Å². The van der Waals surface area contributed by atoms with Gasteiger partial charge in [-0.05, 0) is 17.7 Å². The quantitative estimate of drug-likeness (QED) is 0.877. The van der Waals surface area contributed by atoms with Crippen molar-refractivity contribution >= 4 is 35.1 Å². The zero-order valence-electron chi connectivity index (χ0n) is 12.6. The summed E-state index contributed by atoms with van der Waals surface area (Å²) < 4.78 is 40.2. The van der Waals surface area contributed by atoms with E-state index in [9.17, 15) is 18.0 Å². The van der Waals surface area contributed by atoms with Crippen molar-refractivity contribution in [3.05, 3.63) is 47.3 Å². The predicted molar refractivity (Wildman–Crippen MR) is 90.3 cm³/mol. The van der Waals surface area contributed by atoms with Crippen LogP contribution in [0.5, 0.6) is 0 Å². The topological polar surface area (TPSA) is 46.9 Å². The minimum atomic E-state index is -4.67. The van der Waals surface area contributed by atoms with Crippen LogP contribution in [0.2, 0.25) is 0 Å². The van der Waals surface area contributed by atoms with Crippen molar-refractivity contribution in [3.63, 3.8) is 0 Å². The number of alkyl halides is 3. The summed E-state index contributed by atoms with van der Waals surface area (Å²) in [5, 5.41) is 5.89. The second-order valence-corrected chi connectivity index (χ2v) is 7.94. The Morgan fingerprint density at radius 2 is 2.04 bits per heavy atom. The molecule has 1 aromatic heterocycles. The monoisotopic (exact) mass is 373 g/mol. The maximum Gasteiger partial charge on any atom is 0.435 e. The molecule has 9 heteroatoms. The van der Waals surface area contributed by atoms with Crippen LogP contribution >= 0.6 is 23.5 Å². The third-order valence-corrected chi connectivity index (χ3v) is 6.48. The van der Waals surface area contributed by atoms with Crippen LogP contribution in [0.1, 0.15) is 26.2 Å². The predicted octanol–water partition coefficient (Wildman–Crippen LogP) is 4.17. The fourth-order valence-electron chi connectivity index (χ4n) is 2.38. The Morgan fingerprint density at radius 1 is 1.33 bits per heavy atom. The molecule has 3 rings (SSSR count). The summed E-state index contributed by atoms with van der Waals surface area (Å²) in [7, 11) is 1.35. The van der Waals surface area contributed by atoms with E-state index in [2.05, 4.69) is 10.4 Å². The van der Waals surface area contributed by atoms with Gasteiger partial charge in [0.15, 0.2) is 5.69 Å². The second-order valence-electron chi connectivity index (χ2n) is 5.22. The number of carbonyl (C=O) groups is 1. The van der Waals surface area contributed by atoms with E-state index in [1.165, 1.54) is 7.05 Å². The number of thioether (sulfide) groups is 2. The molecule has 2 heterocycles. The summed E-state index contributed by atoms with van der Waals surface area (Å²) >= 11 is 3.63. The van der Waals surface area contributed by atoms with E-state index < -0.39 is 23.3 Å². The molecule has 1 aliphatic heterocycles. The fraction of sp³-hybridized carbons (Fsp3) is 0.333. The first-order valence-electron chi connectivity index (χ1n) is 7.10. The molecule has 0 bridgehead atoms. The van der Waals surface area contributed by atoms with Gasteiger partial charge in [0.1, 0.15) is 0 Å². The second kappa shape index (κ2) is 6.72. The van der Waals surface area contributed by atoms with Crippen molar-refractivity contribution < 1.29 is 18.0 Å². The lowest BCUT2D eigenvalue weighted by molar-refractivity contribution is -0.141. The van der Waals surface area contributed by atoms with Gasteiger partial charge < -0.3 is 5.32 Å². The van der Waals surface area contributed by atoms with Crippen molar-refractivity contribution in [2.75, 3.05) is 16.8 Å². The van der Waals surface area contributed by atoms with Gasteiger partial charge in [0.05, 0.1) is 10.1 Å². The summed E-state index contributed by atoms with van der Waals surface area (Å²) in [4.78, 5) is 12.3. The summed E-state index contributed by atoms with van der Waals surface area (Å²) in [5.41, 5.74) is -0.148. The first-order chi connectivity index (χ1) is 11.3. The number of nitrogens with one attached hydrogen (secondary N) is 1. The van der Waals surface area contributed by atoms with Crippen molar-refractivity contribution in [1.82, 2.24) is 9.78 Å². The Hall–Kier alpha value is -1.61. The largest absolute Gasteiger partial charge is 0.435 e. The van der Waals surface area contributed by atoms with Gasteiger partial charge in [0.2, 0.25) is 0 Å². The highest BCUT2D eigenvalue weighted by Gasteiger charge is 2.39. The van der Waals surface area contributed by atoms with Crippen molar-refractivity contribution in [2.24, 2.45) is 7.05 Å². The van der Waals surface area contributed by atoms with E-state index in [0.717, 1.165) is 27.9 Å². The number of hydrogen-bond donors (Lipinski definition) is 1. The number of nitrogens with zero attached hydrogens (tertiary/aromatic N) is 2. The number of aryl methyl sites for hydroxylation is 1. The van der Waals surface area contributed by atoms with Gasteiger partial charge in [-0.1, -0.05) is 12.1 Å². The van der Waals surface area contributed by atoms with Crippen LogP contribution < -0.4 is 5.32 Å². The van der Waals surface area contributed by atoms with Gasteiger partial charge in [0, 0.05) is 30.4 Å². The average molecular weight is 373 g/mol. The van der Waals surface area contributed by atoms with E-state index >= 15 is 0 Å². The molecule has 0 aliphatic carbocycles. The third kappa shape index (κ3) is 3.72. The van der Waals surface area contributed by atoms with Crippen LogP contribution in [0.3, 0.4) is 0 Å². The van der Waals surface area contributed by atoms with E-state index in [-0.39, 0.29) is 0 Å². The maximum absolute atomic E-state index is 13.0. The zero-order chi connectivity index (χ0) is 17.3. The Labute approximate surface area is 145 Å². The van der Waals surface area contributed by atoms with Crippen molar-refractivity contribution in [1.29, 1.82) is 0 Å². The maximum atomic E-state index is 13.0. The Balaban J connectivity index is 1.82. The van der Waals surface area contributed by atoms with Gasteiger partial charge in [-0.25, -0.2) is 0 Å². The van der Waals surface area contributed by atoms with Crippen LogP contribution in [-0.2, 0) is 13.2 Å². The number of halogens is 3. The molecule has 1 N–H and O–H groups in total. The van der Waals surface area contributed by atoms with E-state index in [0.29, 0.717) is 10.3 Å². The molecule has 1 aromatic carbocycles. The molecule has 0 atom stereocenters. The van der Waals surface area contributed by atoms with Gasteiger partial charge in [-0.3, -0.25) is 9.48 Å². The molecule has 0 radical (unpaired) electrons. The highest BCUT2D eigenvalue weighted by atomic mass is 32.2. The number of amides is 1. The Kier molecular flexibility index (Phi) is 4.82. The molecule has 4 nitrogen and oxygen atoms in total. The number of hydrogen-bond acceptors (Lipinski definition) is 4. The van der Waals surface area contributed by atoms with Crippen LogP contribution in [0.15, 0.2) is 30.5 Å². The molecule has 1 aliphatic rings. The lowest BCUT2D eigenvalue weighted by Crippen LogP contribution is -2.17. The Bertz CT molecular complexity index is 755. The molecule has 1 fully saturated rings. The smallest absolute Gasteiger partial charge is 0.322 e. The number of benzene rings is 1. The minimum absolute atomic E-state index is 0.297. The van der Waals surface area contributed by atoms with Crippen molar-refractivity contribution in [2.45, 2.75) is 10.8 Å². The van der Waals surface area contributed by atoms with Crippen LogP contribution in [0.4, 0.5) is 18.9 Å². The molecule has 24 heavy (non-hydrogen) atoms. The molecule has 1 saturated heterocycles. The lowest BCUT2D eigenvalue weighted by atomic mass is 10.2. The Morgan fingerprint density at radius 3 is 2.71 bits per heavy atom. The van der Waals surface area contributed by atoms with Gasteiger partial charge >= 0.3 is 6.18 Å².